The summed E-state index contributed by atoms with van der Waals surface area (Å²) in [5, 5.41) is 0. The molecule has 0 aromatic rings. The molecule has 7 nitrogen and oxygen atoms in total. The molecule has 0 aliphatic heterocycles. The second kappa shape index (κ2) is 5.97. The van der Waals surface area contributed by atoms with E-state index in [-0.39, 0.29) is 13.1 Å². The lowest BCUT2D eigenvalue weighted by Gasteiger charge is -2.24. The molecule has 0 radical (unpaired) electrons. The van der Waals surface area contributed by atoms with Crippen LogP contribution < -0.4 is 11.5 Å². The van der Waals surface area contributed by atoms with Gasteiger partial charge in [-0.1, -0.05) is 0 Å². The van der Waals surface area contributed by atoms with Gasteiger partial charge in [0.05, 0.1) is 20.2 Å². The van der Waals surface area contributed by atoms with E-state index in [1.807, 2.05) is 0 Å². The summed E-state index contributed by atoms with van der Waals surface area (Å²) in [6, 6.07) is -0.741. The van der Waals surface area contributed by atoms with Gasteiger partial charge < -0.3 is 16.2 Å². The van der Waals surface area contributed by atoms with Crippen molar-refractivity contribution in [2.24, 2.45) is 11.5 Å². The fourth-order valence-corrected chi connectivity index (χ4v) is 1.05. The SMILES string of the molecule is COC(=O)C(C)N(CC(N)=O)CC(N)=O. The Hall–Kier alpha value is -1.63. The van der Waals surface area contributed by atoms with Gasteiger partial charge in [-0.25, -0.2) is 0 Å². The summed E-state index contributed by atoms with van der Waals surface area (Å²) in [5.74, 6) is -1.85. The van der Waals surface area contributed by atoms with Gasteiger partial charge in [-0.05, 0) is 6.92 Å². The van der Waals surface area contributed by atoms with Crippen LogP contribution in [0.4, 0.5) is 0 Å². The maximum absolute atomic E-state index is 11.1. The van der Waals surface area contributed by atoms with Gasteiger partial charge in [0, 0.05) is 0 Å². The fraction of sp³-hybridized carbons (Fsp3) is 0.625. The highest BCUT2D eigenvalue weighted by Crippen LogP contribution is 2.00. The van der Waals surface area contributed by atoms with Crippen molar-refractivity contribution >= 4 is 17.8 Å². The summed E-state index contributed by atoms with van der Waals surface area (Å²) < 4.78 is 4.47. The van der Waals surface area contributed by atoms with Crippen molar-refractivity contribution in [2.45, 2.75) is 13.0 Å². The van der Waals surface area contributed by atoms with Crippen LogP contribution in [0, 0.1) is 0 Å². The summed E-state index contributed by atoms with van der Waals surface area (Å²) in [7, 11) is 1.21. The Balaban J connectivity index is 4.53. The standard InChI is InChI=1S/C8H15N3O4/c1-5(8(14)15-2)11(3-6(9)12)4-7(10)13/h5H,3-4H2,1-2H3,(H2,9,12)(H2,10,13). The van der Waals surface area contributed by atoms with Crippen molar-refractivity contribution < 1.29 is 19.1 Å². The Labute approximate surface area is 87.3 Å². The smallest absolute Gasteiger partial charge is 0.322 e. The van der Waals surface area contributed by atoms with Crippen LogP contribution in [0.3, 0.4) is 0 Å². The van der Waals surface area contributed by atoms with E-state index >= 15 is 0 Å². The third-order valence-electron chi connectivity index (χ3n) is 1.81. The van der Waals surface area contributed by atoms with Crippen molar-refractivity contribution in [3.63, 3.8) is 0 Å². The summed E-state index contributed by atoms with van der Waals surface area (Å²) in [5.41, 5.74) is 9.93. The summed E-state index contributed by atoms with van der Waals surface area (Å²) >= 11 is 0. The number of primary amides is 2. The van der Waals surface area contributed by atoms with Crippen LogP contribution in [0.1, 0.15) is 6.92 Å². The number of hydrogen-bond acceptors (Lipinski definition) is 5. The minimum atomic E-state index is -0.741. The molecule has 1 unspecified atom stereocenters. The number of esters is 1. The molecule has 0 aliphatic rings. The minimum absolute atomic E-state index is 0.223. The largest absolute Gasteiger partial charge is 0.468 e. The first-order valence-electron chi connectivity index (χ1n) is 4.27. The van der Waals surface area contributed by atoms with E-state index < -0.39 is 23.8 Å². The summed E-state index contributed by atoms with van der Waals surface area (Å²) in [4.78, 5) is 33.8. The third-order valence-corrected chi connectivity index (χ3v) is 1.81. The molecule has 0 aromatic carbocycles. The molecule has 7 heteroatoms. The third kappa shape index (κ3) is 4.96. The van der Waals surface area contributed by atoms with E-state index in [0.717, 1.165) is 0 Å². The van der Waals surface area contributed by atoms with Crippen molar-refractivity contribution in [1.29, 1.82) is 0 Å². The lowest BCUT2D eigenvalue weighted by atomic mass is 10.2. The summed E-state index contributed by atoms with van der Waals surface area (Å²) in [6.07, 6.45) is 0. The Bertz CT molecular complexity index is 251. The van der Waals surface area contributed by atoms with Gasteiger partial charge in [-0.15, -0.1) is 0 Å². The van der Waals surface area contributed by atoms with E-state index in [1.54, 1.807) is 0 Å². The maximum atomic E-state index is 11.1. The monoisotopic (exact) mass is 217 g/mol. The minimum Gasteiger partial charge on any atom is -0.468 e. The van der Waals surface area contributed by atoms with Gasteiger partial charge in [-0.3, -0.25) is 19.3 Å². The van der Waals surface area contributed by atoms with Crippen LogP contribution in [-0.2, 0) is 19.1 Å². The molecule has 0 rings (SSSR count). The molecule has 0 aromatic heterocycles. The van der Waals surface area contributed by atoms with Crippen LogP contribution in [0.5, 0.6) is 0 Å². The predicted molar refractivity (Wildman–Crippen MR) is 51.4 cm³/mol. The average Bonchev–Trinajstić information content (AvgIpc) is 2.13. The number of carbonyl (C=O) groups is 3. The van der Waals surface area contributed by atoms with E-state index in [9.17, 15) is 14.4 Å². The molecule has 0 aliphatic carbocycles. The first-order chi connectivity index (χ1) is 6.88. The predicted octanol–water partition coefficient (Wildman–Crippen LogP) is -2.18. The number of ether oxygens (including phenoxy) is 1. The number of nitrogens with two attached hydrogens (primary N) is 2. The average molecular weight is 217 g/mol. The molecule has 4 N–H and O–H groups in total. The molecule has 15 heavy (non-hydrogen) atoms. The van der Waals surface area contributed by atoms with Gasteiger partial charge in [0.15, 0.2) is 0 Å². The second-order valence-electron chi connectivity index (χ2n) is 3.04. The van der Waals surface area contributed by atoms with Gasteiger partial charge in [0.1, 0.15) is 6.04 Å². The number of rotatable bonds is 6. The molecule has 0 bridgehead atoms. The van der Waals surface area contributed by atoms with Gasteiger partial charge >= 0.3 is 5.97 Å². The van der Waals surface area contributed by atoms with Crippen molar-refractivity contribution in [3.8, 4) is 0 Å². The van der Waals surface area contributed by atoms with Crippen molar-refractivity contribution in [2.75, 3.05) is 20.2 Å². The zero-order valence-electron chi connectivity index (χ0n) is 8.73. The molecule has 1 atom stereocenters. The molecule has 0 heterocycles. The Kier molecular flexibility index (Phi) is 5.32. The number of hydrogen-bond donors (Lipinski definition) is 2. The first-order valence-corrected chi connectivity index (χ1v) is 4.27. The molecule has 0 saturated carbocycles. The highest BCUT2D eigenvalue weighted by atomic mass is 16.5. The van der Waals surface area contributed by atoms with Crippen LogP contribution >= 0.6 is 0 Å². The lowest BCUT2D eigenvalue weighted by Crippen LogP contribution is -2.47. The zero-order chi connectivity index (χ0) is 12.0. The summed E-state index contributed by atoms with van der Waals surface area (Å²) in [6.45, 7) is 1.05. The highest BCUT2D eigenvalue weighted by molar-refractivity contribution is 5.82. The normalized spacial score (nSPS) is 12.2. The van der Waals surface area contributed by atoms with Crippen LogP contribution in [-0.4, -0.2) is 48.9 Å². The Morgan fingerprint density at radius 1 is 1.20 bits per heavy atom. The highest BCUT2D eigenvalue weighted by Gasteiger charge is 2.24. The molecular formula is C8H15N3O4. The van der Waals surface area contributed by atoms with Gasteiger partial charge in [0.2, 0.25) is 11.8 Å². The van der Waals surface area contributed by atoms with Crippen LogP contribution in [0.25, 0.3) is 0 Å². The molecular weight excluding hydrogens is 202 g/mol. The van der Waals surface area contributed by atoms with Crippen molar-refractivity contribution in [3.05, 3.63) is 0 Å². The van der Waals surface area contributed by atoms with Gasteiger partial charge in [0.25, 0.3) is 0 Å². The molecule has 2 amide bonds. The van der Waals surface area contributed by atoms with Crippen LogP contribution in [0.2, 0.25) is 0 Å². The number of methoxy groups -OCH3 is 1. The first kappa shape index (κ1) is 13.4. The fourth-order valence-electron chi connectivity index (χ4n) is 1.05. The lowest BCUT2D eigenvalue weighted by molar-refractivity contribution is -0.147. The Morgan fingerprint density at radius 2 is 1.60 bits per heavy atom. The van der Waals surface area contributed by atoms with E-state index in [0.29, 0.717) is 0 Å². The molecule has 86 valence electrons. The maximum Gasteiger partial charge on any atom is 0.322 e. The van der Waals surface area contributed by atoms with E-state index in [4.69, 9.17) is 11.5 Å². The van der Waals surface area contributed by atoms with Crippen molar-refractivity contribution in [1.82, 2.24) is 4.90 Å². The number of carbonyl (C=O) groups excluding carboxylic acids is 3. The van der Waals surface area contributed by atoms with Gasteiger partial charge in [-0.2, -0.15) is 0 Å². The zero-order valence-corrected chi connectivity index (χ0v) is 8.73. The van der Waals surface area contributed by atoms with Crippen LogP contribution in [0.15, 0.2) is 0 Å². The van der Waals surface area contributed by atoms with E-state index in [1.165, 1.54) is 18.9 Å². The topological polar surface area (TPSA) is 116 Å². The quantitative estimate of drug-likeness (QED) is 0.491. The Morgan fingerprint density at radius 3 is 1.87 bits per heavy atom. The molecule has 0 spiro atoms. The molecule has 0 fully saturated rings. The second-order valence-corrected chi connectivity index (χ2v) is 3.04. The number of nitrogens with zero attached hydrogens (tertiary/aromatic N) is 1. The number of amides is 2. The molecule has 0 saturated heterocycles. The van der Waals surface area contributed by atoms with E-state index in [2.05, 4.69) is 4.74 Å².